The number of hydrogen-bond acceptors (Lipinski definition) is 5. The van der Waals surface area contributed by atoms with Crippen LogP contribution in [0.5, 0.6) is 5.75 Å². The Morgan fingerprint density at radius 3 is 2.55 bits per heavy atom. The van der Waals surface area contributed by atoms with Crippen molar-refractivity contribution in [3.05, 3.63) is 24.3 Å². The number of amides is 3. The van der Waals surface area contributed by atoms with Gasteiger partial charge in [-0.2, -0.15) is 0 Å². The van der Waals surface area contributed by atoms with Crippen molar-refractivity contribution in [3.8, 4) is 5.75 Å². The van der Waals surface area contributed by atoms with Gasteiger partial charge in [0.25, 0.3) is 11.8 Å². The van der Waals surface area contributed by atoms with E-state index in [0.717, 1.165) is 10.6 Å². The van der Waals surface area contributed by atoms with E-state index in [1.807, 2.05) is 27.8 Å². The van der Waals surface area contributed by atoms with Crippen LogP contribution in [-0.4, -0.2) is 60.8 Å². The second kappa shape index (κ2) is 11.0. The molecule has 0 spiro atoms. The summed E-state index contributed by atoms with van der Waals surface area (Å²) in [4.78, 5) is 41.3. The van der Waals surface area contributed by atoms with Gasteiger partial charge in [0.2, 0.25) is 5.91 Å². The van der Waals surface area contributed by atoms with Gasteiger partial charge >= 0.3 is 0 Å². The molecule has 8 nitrogen and oxygen atoms in total. The number of rotatable bonds is 10. The van der Waals surface area contributed by atoms with Crippen LogP contribution in [0.3, 0.4) is 0 Å². The normalized spacial score (nSPS) is 17.1. The molecule has 0 bridgehead atoms. The number of thioether (sulfide) groups is 1. The Labute approximate surface area is 175 Å². The minimum absolute atomic E-state index is 0.0429. The zero-order valence-electron chi connectivity index (χ0n) is 17.3. The van der Waals surface area contributed by atoms with Crippen LogP contribution in [0.2, 0.25) is 0 Å². The molecule has 3 N–H and O–H groups in total. The lowest BCUT2D eigenvalue weighted by Gasteiger charge is -2.15. The van der Waals surface area contributed by atoms with Crippen molar-refractivity contribution < 1.29 is 24.0 Å². The van der Waals surface area contributed by atoms with Crippen molar-refractivity contribution in [2.24, 2.45) is 4.99 Å². The number of carbonyl (C=O) groups is 3. The summed E-state index contributed by atoms with van der Waals surface area (Å²) in [5.74, 6) is 0.150. The van der Waals surface area contributed by atoms with Crippen molar-refractivity contribution in [3.63, 3.8) is 0 Å². The first-order chi connectivity index (χ1) is 13.8. The van der Waals surface area contributed by atoms with Crippen LogP contribution in [0.1, 0.15) is 27.2 Å². The average Bonchev–Trinajstić information content (AvgIpc) is 2.94. The highest BCUT2D eigenvalue weighted by atomic mass is 32.2. The third-order valence-electron chi connectivity index (χ3n) is 3.97. The quantitative estimate of drug-likeness (QED) is 0.511. The first-order valence-corrected chi connectivity index (χ1v) is 10.6. The van der Waals surface area contributed by atoms with E-state index in [-0.39, 0.29) is 30.2 Å². The van der Waals surface area contributed by atoms with Gasteiger partial charge in [-0.15, -0.1) is 0 Å². The van der Waals surface area contributed by atoms with E-state index in [1.54, 1.807) is 24.3 Å². The maximum atomic E-state index is 12.3. The third kappa shape index (κ3) is 7.86. The second-order valence-corrected chi connectivity index (χ2v) is 8.47. The fraction of sp³-hybridized carbons (Fsp3) is 0.500. The molecule has 0 saturated carbocycles. The Hall–Kier alpha value is -2.39. The molecule has 2 atom stereocenters. The van der Waals surface area contributed by atoms with Gasteiger partial charge in [0.05, 0.1) is 13.7 Å². The van der Waals surface area contributed by atoms with Crippen molar-refractivity contribution >= 4 is 40.2 Å². The van der Waals surface area contributed by atoms with Crippen molar-refractivity contribution in [2.45, 2.75) is 38.5 Å². The molecule has 0 fully saturated rings. The molecule has 2 rings (SSSR count). The van der Waals surface area contributed by atoms with Gasteiger partial charge in [0.1, 0.15) is 22.6 Å². The van der Waals surface area contributed by atoms with E-state index in [4.69, 9.17) is 4.74 Å². The number of anilines is 1. The van der Waals surface area contributed by atoms with E-state index in [1.165, 1.54) is 11.8 Å². The highest BCUT2D eigenvalue weighted by molar-refractivity contribution is 8.15. The Kier molecular flexibility index (Phi) is 8.66. The van der Waals surface area contributed by atoms with Gasteiger partial charge in [-0.1, -0.05) is 11.8 Å². The summed E-state index contributed by atoms with van der Waals surface area (Å²) >= 11 is 1.30. The number of ether oxygens (including phenoxy) is 1. The van der Waals surface area contributed by atoms with Crippen molar-refractivity contribution in [1.29, 1.82) is 0 Å². The van der Waals surface area contributed by atoms with E-state index in [9.17, 15) is 14.4 Å². The number of hydrogen-bond donors (Lipinski definition) is 3. The molecular weight excluding hydrogens is 392 g/mol. The molecule has 1 heterocycles. The molecule has 0 radical (unpaired) electrons. The van der Waals surface area contributed by atoms with Crippen LogP contribution in [-0.2, 0) is 14.4 Å². The number of likely N-dealkylation sites (N-methyl/N-ethyl adjacent to an activating group) is 1. The number of benzene rings is 1. The fourth-order valence-corrected chi connectivity index (χ4v) is 3.98. The minimum atomic E-state index is -0.523. The number of nitrogens with zero attached hydrogens (tertiary/aromatic N) is 1. The van der Waals surface area contributed by atoms with Crippen molar-refractivity contribution in [1.82, 2.24) is 5.32 Å². The molecule has 3 amide bonds. The van der Waals surface area contributed by atoms with Crippen LogP contribution in [0.4, 0.5) is 5.69 Å². The lowest BCUT2D eigenvalue weighted by atomic mass is 10.2. The van der Waals surface area contributed by atoms with Gasteiger partial charge in [-0.3, -0.25) is 14.4 Å². The standard InChI is InChI=1S/C20H28N4O4S/c1-5-28-15-8-6-14(7-9-15)22-17(25)10-16-20(27)23-19(29-16)12-24(4)11-18(26)21-13(2)3/h6-9,13,16H,5,10-12H2,1-4H3,(H,21,26)(H,22,25)/p+1/t16-/m1/s1. The lowest BCUT2D eigenvalue weighted by molar-refractivity contribution is -0.861. The average molecular weight is 422 g/mol. The van der Waals surface area contributed by atoms with Crippen molar-refractivity contribution in [2.75, 3.05) is 32.1 Å². The molecular formula is C20H29N4O4S+. The zero-order chi connectivity index (χ0) is 21.4. The summed E-state index contributed by atoms with van der Waals surface area (Å²) in [6.45, 7) is 7.07. The first-order valence-electron chi connectivity index (χ1n) is 9.68. The molecule has 0 aliphatic carbocycles. The van der Waals surface area contributed by atoms with Gasteiger partial charge in [-0.25, -0.2) is 4.99 Å². The molecule has 158 valence electrons. The molecule has 0 aromatic heterocycles. The zero-order valence-corrected chi connectivity index (χ0v) is 18.1. The third-order valence-corrected chi connectivity index (χ3v) is 5.13. The maximum absolute atomic E-state index is 12.3. The number of quaternary nitrogens is 1. The Balaban J connectivity index is 1.79. The number of nitrogens with one attached hydrogen (secondary N) is 3. The maximum Gasteiger partial charge on any atom is 0.275 e. The fourth-order valence-electron chi connectivity index (χ4n) is 2.80. The summed E-state index contributed by atoms with van der Waals surface area (Å²) in [5.41, 5.74) is 0.649. The Morgan fingerprint density at radius 1 is 1.24 bits per heavy atom. The largest absolute Gasteiger partial charge is 0.494 e. The molecule has 1 unspecified atom stereocenters. The number of carbonyl (C=O) groups excluding carboxylic acids is 3. The monoisotopic (exact) mass is 421 g/mol. The highest BCUT2D eigenvalue weighted by Crippen LogP contribution is 2.25. The molecule has 29 heavy (non-hydrogen) atoms. The van der Waals surface area contributed by atoms with Crippen LogP contribution in [0.15, 0.2) is 29.3 Å². The van der Waals surface area contributed by atoms with Crippen LogP contribution in [0.25, 0.3) is 0 Å². The lowest BCUT2D eigenvalue weighted by Crippen LogP contribution is -3.11. The molecule has 1 aliphatic rings. The topological polar surface area (TPSA) is 101 Å². The summed E-state index contributed by atoms with van der Waals surface area (Å²) in [7, 11) is 1.87. The summed E-state index contributed by atoms with van der Waals surface area (Å²) in [5, 5.41) is 5.76. The van der Waals surface area contributed by atoms with Gasteiger partial charge in [-0.05, 0) is 45.0 Å². The predicted molar refractivity (Wildman–Crippen MR) is 115 cm³/mol. The van der Waals surface area contributed by atoms with Crippen LogP contribution < -0.4 is 20.3 Å². The Morgan fingerprint density at radius 2 is 1.93 bits per heavy atom. The Bertz CT molecular complexity index is 764. The van der Waals surface area contributed by atoms with Crippen LogP contribution >= 0.6 is 11.8 Å². The summed E-state index contributed by atoms with van der Waals surface area (Å²) in [6.07, 6.45) is 0.0522. The molecule has 1 aliphatic heterocycles. The molecule has 1 aromatic rings. The van der Waals surface area contributed by atoms with E-state index >= 15 is 0 Å². The second-order valence-electron chi connectivity index (χ2n) is 7.19. The smallest absolute Gasteiger partial charge is 0.275 e. The highest BCUT2D eigenvalue weighted by Gasteiger charge is 2.32. The number of aliphatic imine (C=N–C) groups is 1. The summed E-state index contributed by atoms with van der Waals surface area (Å²) in [6, 6.07) is 7.17. The van der Waals surface area contributed by atoms with E-state index < -0.39 is 5.25 Å². The predicted octanol–water partition coefficient (Wildman–Crippen LogP) is 0.494. The molecule has 0 saturated heterocycles. The SMILES string of the molecule is CCOc1ccc(NC(=O)C[C@H]2SC(C[NH+](C)CC(=O)NC(C)C)=NC2=O)cc1. The molecule has 1 aromatic carbocycles. The summed E-state index contributed by atoms with van der Waals surface area (Å²) < 4.78 is 5.37. The van der Waals surface area contributed by atoms with E-state index in [2.05, 4.69) is 15.6 Å². The molecule has 9 heteroatoms. The van der Waals surface area contributed by atoms with Gasteiger partial charge < -0.3 is 20.3 Å². The van der Waals surface area contributed by atoms with E-state index in [0.29, 0.717) is 30.4 Å². The first kappa shape index (κ1) is 22.9. The van der Waals surface area contributed by atoms with Gasteiger partial charge in [0, 0.05) is 18.2 Å². The van der Waals surface area contributed by atoms with Crippen LogP contribution in [0, 0.1) is 0 Å². The minimum Gasteiger partial charge on any atom is -0.494 e. The van der Waals surface area contributed by atoms with Gasteiger partial charge in [0.15, 0.2) is 6.54 Å².